The van der Waals surface area contributed by atoms with Crippen LogP contribution in [0, 0.1) is 0 Å². The maximum atomic E-state index is 12.3. The van der Waals surface area contributed by atoms with E-state index in [-0.39, 0.29) is 12.7 Å². The van der Waals surface area contributed by atoms with Gasteiger partial charge in [0.25, 0.3) is 5.91 Å². The van der Waals surface area contributed by atoms with E-state index in [0.717, 1.165) is 11.1 Å². The van der Waals surface area contributed by atoms with Crippen molar-refractivity contribution in [1.29, 1.82) is 0 Å². The second kappa shape index (κ2) is 6.80. The minimum Gasteiger partial charge on any atom is -0.454 e. The summed E-state index contributed by atoms with van der Waals surface area (Å²) < 4.78 is 35.0. The summed E-state index contributed by atoms with van der Waals surface area (Å²) in [6, 6.07) is 8.75. The highest BCUT2D eigenvalue weighted by Crippen LogP contribution is 2.34. The highest BCUT2D eigenvalue weighted by molar-refractivity contribution is 7.88. The Morgan fingerprint density at radius 2 is 2.00 bits per heavy atom. The van der Waals surface area contributed by atoms with Crippen LogP contribution >= 0.6 is 11.3 Å². The van der Waals surface area contributed by atoms with E-state index in [2.05, 4.69) is 10.0 Å². The number of rotatable bonds is 6. The highest BCUT2D eigenvalue weighted by Gasteiger charge is 2.15. The summed E-state index contributed by atoms with van der Waals surface area (Å²) in [5, 5.41) is 2.81. The first kappa shape index (κ1) is 16.7. The minimum absolute atomic E-state index is 0.183. The predicted octanol–water partition coefficient (Wildman–Crippen LogP) is 1.82. The number of anilines is 1. The SMILES string of the molecule is CS(=O)(=O)NCCc1ccc(C(=O)Nc2ccc3c(c2)OCO3)s1. The molecule has 3 rings (SSSR count). The van der Waals surface area contributed by atoms with E-state index in [4.69, 9.17) is 9.47 Å². The molecule has 128 valence electrons. The number of thiophene rings is 1. The zero-order chi connectivity index (χ0) is 17.2. The number of benzene rings is 1. The van der Waals surface area contributed by atoms with Gasteiger partial charge in [0.2, 0.25) is 16.8 Å². The summed E-state index contributed by atoms with van der Waals surface area (Å²) in [7, 11) is -3.20. The molecule has 7 nitrogen and oxygen atoms in total. The lowest BCUT2D eigenvalue weighted by Gasteiger charge is -2.04. The van der Waals surface area contributed by atoms with E-state index < -0.39 is 10.0 Å². The number of hydrogen-bond acceptors (Lipinski definition) is 6. The lowest BCUT2D eigenvalue weighted by atomic mass is 10.2. The molecule has 0 atom stereocenters. The number of sulfonamides is 1. The lowest BCUT2D eigenvalue weighted by Crippen LogP contribution is -2.24. The van der Waals surface area contributed by atoms with Crippen molar-refractivity contribution in [3.63, 3.8) is 0 Å². The monoisotopic (exact) mass is 368 g/mol. The highest BCUT2D eigenvalue weighted by atomic mass is 32.2. The minimum atomic E-state index is -3.20. The molecule has 1 aliphatic rings. The summed E-state index contributed by atoms with van der Waals surface area (Å²) in [6.07, 6.45) is 1.65. The molecule has 1 amide bonds. The molecule has 0 saturated heterocycles. The molecule has 0 fully saturated rings. The summed E-state index contributed by atoms with van der Waals surface area (Å²) in [6.45, 7) is 0.491. The molecule has 24 heavy (non-hydrogen) atoms. The van der Waals surface area contributed by atoms with Gasteiger partial charge < -0.3 is 14.8 Å². The second-order valence-corrected chi connectivity index (χ2v) is 8.21. The number of hydrogen-bond donors (Lipinski definition) is 2. The summed E-state index contributed by atoms with van der Waals surface area (Å²) >= 11 is 1.33. The summed E-state index contributed by atoms with van der Waals surface area (Å²) in [5.41, 5.74) is 0.623. The predicted molar refractivity (Wildman–Crippen MR) is 91.4 cm³/mol. The Morgan fingerprint density at radius 3 is 2.79 bits per heavy atom. The van der Waals surface area contributed by atoms with Crippen LogP contribution in [0.1, 0.15) is 14.5 Å². The number of carbonyl (C=O) groups is 1. The Hall–Kier alpha value is -2.10. The number of fused-ring (bicyclic) bond motifs is 1. The molecule has 0 aliphatic carbocycles. The molecule has 1 aromatic carbocycles. The van der Waals surface area contributed by atoms with Gasteiger partial charge in [-0.2, -0.15) is 0 Å². The van der Waals surface area contributed by atoms with Gasteiger partial charge in [0, 0.05) is 23.2 Å². The molecule has 2 N–H and O–H groups in total. The van der Waals surface area contributed by atoms with Crippen molar-refractivity contribution in [2.45, 2.75) is 6.42 Å². The first-order valence-corrected chi connectivity index (χ1v) is 9.86. The van der Waals surface area contributed by atoms with Crippen LogP contribution < -0.4 is 19.5 Å². The van der Waals surface area contributed by atoms with Gasteiger partial charge in [-0.1, -0.05) is 0 Å². The molecule has 0 radical (unpaired) electrons. The zero-order valence-corrected chi connectivity index (χ0v) is 14.5. The molecule has 2 aromatic rings. The molecular formula is C15H16N2O5S2. The van der Waals surface area contributed by atoms with Crippen LogP contribution in [0.3, 0.4) is 0 Å². The third-order valence-corrected chi connectivity index (χ3v) is 5.12. The fourth-order valence-electron chi connectivity index (χ4n) is 2.16. The molecule has 9 heteroatoms. The molecule has 2 heterocycles. The molecule has 1 aromatic heterocycles. The van der Waals surface area contributed by atoms with E-state index in [1.165, 1.54) is 11.3 Å². The quantitative estimate of drug-likeness (QED) is 0.811. The van der Waals surface area contributed by atoms with E-state index in [9.17, 15) is 13.2 Å². The van der Waals surface area contributed by atoms with Gasteiger partial charge in [-0.3, -0.25) is 4.79 Å². The van der Waals surface area contributed by atoms with E-state index >= 15 is 0 Å². The molecule has 1 aliphatic heterocycles. The fourth-order valence-corrected chi connectivity index (χ4v) is 3.54. The first-order chi connectivity index (χ1) is 11.4. The van der Waals surface area contributed by atoms with Crippen molar-refractivity contribution in [1.82, 2.24) is 4.72 Å². The van der Waals surface area contributed by atoms with E-state index in [0.29, 0.717) is 35.0 Å². The third-order valence-electron chi connectivity index (χ3n) is 3.25. The molecule has 0 saturated carbocycles. The van der Waals surface area contributed by atoms with Crippen molar-refractivity contribution in [3.05, 3.63) is 40.1 Å². The van der Waals surface area contributed by atoms with Gasteiger partial charge in [-0.25, -0.2) is 13.1 Å². The average Bonchev–Trinajstić information content (AvgIpc) is 3.14. The van der Waals surface area contributed by atoms with E-state index in [1.54, 1.807) is 24.3 Å². The lowest BCUT2D eigenvalue weighted by molar-refractivity contribution is 0.103. The van der Waals surface area contributed by atoms with Gasteiger partial charge in [-0.05, 0) is 30.7 Å². The number of nitrogens with one attached hydrogen (secondary N) is 2. The van der Waals surface area contributed by atoms with Crippen molar-refractivity contribution < 1.29 is 22.7 Å². The molecule has 0 unspecified atom stereocenters. The molecular weight excluding hydrogens is 352 g/mol. The Kier molecular flexibility index (Phi) is 4.74. The van der Waals surface area contributed by atoms with Crippen molar-refractivity contribution in [3.8, 4) is 11.5 Å². The largest absolute Gasteiger partial charge is 0.454 e. The van der Waals surface area contributed by atoms with Crippen molar-refractivity contribution >= 4 is 33.0 Å². The van der Waals surface area contributed by atoms with Crippen LogP contribution in [-0.2, 0) is 16.4 Å². The summed E-state index contributed by atoms with van der Waals surface area (Å²) in [4.78, 5) is 13.8. The summed E-state index contributed by atoms with van der Waals surface area (Å²) in [5.74, 6) is 1.04. The van der Waals surface area contributed by atoms with Crippen LogP contribution in [0.15, 0.2) is 30.3 Å². The van der Waals surface area contributed by atoms with Crippen molar-refractivity contribution in [2.24, 2.45) is 0 Å². The van der Waals surface area contributed by atoms with E-state index in [1.807, 2.05) is 6.07 Å². The third kappa shape index (κ3) is 4.25. The van der Waals surface area contributed by atoms with Gasteiger partial charge >= 0.3 is 0 Å². The van der Waals surface area contributed by atoms with Crippen LogP contribution in [0.2, 0.25) is 0 Å². The molecule has 0 bridgehead atoms. The van der Waals surface area contributed by atoms with Gasteiger partial charge in [-0.15, -0.1) is 11.3 Å². The van der Waals surface area contributed by atoms with Gasteiger partial charge in [0.15, 0.2) is 11.5 Å². The number of carbonyl (C=O) groups excluding carboxylic acids is 1. The zero-order valence-electron chi connectivity index (χ0n) is 12.9. The fraction of sp³-hybridized carbons (Fsp3) is 0.267. The topological polar surface area (TPSA) is 93.7 Å². The van der Waals surface area contributed by atoms with Gasteiger partial charge in [0.05, 0.1) is 11.1 Å². The van der Waals surface area contributed by atoms with Crippen molar-refractivity contribution in [2.75, 3.05) is 24.9 Å². The van der Waals surface area contributed by atoms with Crippen LogP contribution in [0.25, 0.3) is 0 Å². The number of amides is 1. The Balaban J connectivity index is 1.59. The Morgan fingerprint density at radius 1 is 1.21 bits per heavy atom. The molecule has 0 spiro atoms. The first-order valence-electron chi connectivity index (χ1n) is 7.15. The Labute approximate surface area is 143 Å². The maximum absolute atomic E-state index is 12.3. The van der Waals surface area contributed by atoms with Gasteiger partial charge in [0.1, 0.15) is 0 Å². The number of ether oxygens (including phenoxy) is 2. The standard InChI is InChI=1S/C15H16N2O5S2/c1-24(19,20)16-7-6-11-3-5-14(23-11)15(18)17-10-2-4-12-13(8-10)22-9-21-12/h2-5,8,16H,6-7,9H2,1H3,(H,17,18). The smallest absolute Gasteiger partial charge is 0.265 e. The average molecular weight is 368 g/mol. The normalized spacial score (nSPS) is 13.0. The Bertz CT molecular complexity index is 860. The second-order valence-electron chi connectivity index (χ2n) is 5.20. The van der Waals surface area contributed by atoms with Crippen LogP contribution in [0.4, 0.5) is 5.69 Å². The van der Waals surface area contributed by atoms with Crippen LogP contribution in [-0.4, -0.2) is 33.9 Å². The maximum Gasteiger partial charge on any atom is 0.265 e. The van der Waals surface area contributed by atoms with Crippen LogP contribution in [0.5, 0.6) is 11.5 Å².